The predicted molar refractivity (Wildman–Crippen MR) is 96.8 cm³/mol. The van der Waals surface area contributed by atoms with Crippen LogP contribution in [-0.4, -0.2) is 41.7 Å². The number of ether oxygens (including phenoxy) is 1. The molecule has 0 spiro atoms. The third kappa shape index (κ3) is 3.67. The van der Waals surface area contributed by atoms with E-state index in [4.69, 9.17) is 4.74 Å². The van der Waals surface area contributed by atoms with Crippen molar-refractivity contribution >= 4 is 33.3 Å². The van der Waals surface area contributed by atoms with E-state index in [-0.39, 0.29) is 11.9 Å². The van der Waals surface area contributed by atoms with Gasteiger partial charge in [-0.3, -0.25) is 4.79 Å². The van der Waals surface area contributed by atoms with Crippen molar-refractivity contribution in [1.29, 1.82) is 0 Å². The molecule has 1 atom stereocenters. The van der Waals surface area contributed by atoms with E-state index in [0.717, 1.165) is 45.9 Å². The number of carbonyl (C=O) groups excluding carboxylic acids is 1. The van der Waals surface area contributed by atoms with E-state index in [1.54, 1.807) is 6.33 Å². The Morgan fingerprint density at radius 1 is 1.46 bits per heavy atom. The monoisotopic (exact) mass is 348 g/mol. The fraction of sp³-hybridized carbons (Fsp3) is 0.588. The van der Waals surface area contributed by atoms with Gasteiger partial charge in [-0.25, -0.2) is 9.97 Å². The van der Waals surface area contributed by atoms with E-state index in [0.29, 0.717) is 19.1 Å². The van der Waals surface area contributed by atoms with E-state index in [9.17, 15) is 4.79 Å². The van der Waals surface area contributed by atoms with E-state index >= 15 is 0 Å². The second-order valence-corrected chi connectivity index (χ2v) is 7.60. The lowest BCUT2D eigenvalue weighted by molar-refractivity contribution is 0.0955. The Balaban J connectivity index is 1.82. The van der Waals surface area contributed by atoms with Crippen molar-refractivity contribution in [3.05, 3.63) is 16.8 Å². The van der Waals surface area contributed by atoms with Crippen LogP contribution in [0.2, 0.25) is 0 Å². The lowest BCUT2D eigenvalue weighted by Crippen LogP contribution is -2.25. The van der Waals surface area contributed by atoms with Crippen LogP contribution in [0.1, 0.15) is 41.9 Å². The van der Waals surface area contributed by atoms with Crippen LogP contribution >= 0.6 is 11.3 Å². The van der Waals surface area contributed by atoms with Crippen molar-refractivity contribution in [3.63, 3.8) is 0 Å². The SMILES string of the molecule is Cc1c(C(=O)NCCC(C)C)sc2ncnc(NC3CCOC3)c12. The van der Waals surface area contributed by atoms with Crippen molar-refractivity contribution in [2.24, 2.45) is 5.92 Å². The number of amides is 1. The molecule has 6 nitrogen and oxygen atoms in total. The maximum atomic E-state index is 12.5. The molecular weight excluding hydrogens is 324 g/mol. The van der Waals surface area contributed by atoms with Crippen LogP contribution in [-0.2, 0) is 4.74 Å². The number of carbonyl (C=O) groups is 1. The number of anilines is 1. The average molecular weight is 348 g/mol. The molecular formula is C17H24N4O2S. The van der Waals surface area contributed by atoms with Crippen molar-refractivity contribution in [2.75, 3.05) is 25.1 Å². The fourth-order valence-corrected chi connectivity index (χ4v) is 3.86. The molecule has 0 aliphatic carbocycles. The molecule has 1 unspecified atom stereocenters. The number of nitrogens with zero attached hydrogens (tertiary/aromatic N) is 2. The van der Waals surface area contributed by atoms with Gasteiger partial charge in [0, 0.05) is 13.2 Å². The molecule has 0 bridgehead atoms. The summed E-state index contributed by atoms with van der Waals surface area (Å²) in [6, 6.07) is 0.269. The molecule has 1 amide bonds. The number of aromatic nitrogens is 2. The van der Waals surface area contributed by atoms with Gasteiger partial charge >= 0.3 is 0 Å². The fourth-order valence-electron chi connectivity index (χ4n) is 2.79. The molecule has 2 N–H and O–H groups in total. The number of thiophene rings is 1. The third-order valence-corrected chi connectivity index (χ3v) is 5.41. The van der Waals surface area contributed by atoms with E-state index in [1.807, 2.05) is 6.92 Å². The first-order valence-electron chi connectivity index (χ1n) is 8.43. The lowest BCUT2D eigenvalue weighted by atomic mass is 10.1. The zero-order chi connectivity index (χ0) is 17.1. The minimum absolute atomic E-state index is 0.0219. The Kier molecular flexibility index (Phi) is 5.30. The molecule has 1 aliphatic heterocycles. The van der Waals surface area contributed by atoms with Crippen LogP contribution in [0.25, 0.3) is 10.2 Å². The summed E-state index contributed by atoms with van der Waals surface area (Å²) in [5, 5.41) is 7.39. The molecule has 2 aromatic heterocycles. The van der Waals surface area contributed by atoms with Crippen LogP contribution in [0.3, 0.4) is 0 Å². The first kappa shape index (κ1) is 17.1. The summed E-state index contributed by atoms with van der Waals surface area (Å²) in [4.78, 5) is 22.8. The van der Waals surface area contributed by atoms with Gasteiger partial charge in [0.25, 0.3) is 5.91 Å². The molecule has 1 aliphatic rings. The quantitative estimate of drug-likeness (QED) is 0.839. The largest absolute Gasteiger partial charge is 0.379 e. The highest BCUT2D eigenvalue weighted by Gasteiger charge is 2.22. The number of hydrogen-bond acceptors (Lipinski definition) is 6. The molecule has 0 radical (unpaired) electrons. The van der Waals surface area contributed by atoms with Gasteiger partial charge in [0.1, 0.15) is 17.0 Å². The van der Waals surface area contributed by atoms with Crippen LogP contribution in [0, 0.1) is 12.8 Å². The minimum Gasteiger partial charge on any atom is -0.379 e. The molecule has 7 heteroatoms. The molecule has 3 rings (SSSR count). The highest BCUT2D eigenvalue weighted by molar-refractivity contribution is 7.20. The van der Waals surface area contributed by atoms with Crippen LogP contribution in [0.4, 0.5) is 5.82 Å². The normalized spacial score (nSPS) is 17.6. The van der Waals surface area contributed by atoms with E-state index in [2.05, 4.69) is 34.4 Å². The van der Waals surface area contributed by atoms with Gasteiger partial charge in [-0.15, -0.1) is 11.3 Å². The third-order valence-electron chi connectivity index (χ3n) is 4.21. The Morgan fingerprint density at radius 2 is 2.29 bits per heavy atom. The summed E-state index contributed by atoms with van der Waals surface area (Å²) in [6.07, 6.45) is 3.50. The van der Waals surface area contributed by atoms with Crippen LogP contribution in [0.15, 0.2) is 6.33 Å². The molecule has 1 fully saturated rings. The minimum atomic E-state index is -0.0219. The van der Waals surface area contributed by atoms with Gasteiger partial charge in [0.15, 0.2) is 0 Å². The zero-order valence-corrected chi connectivity index (χ0v) is 15.2. The summed E-state index contributed by atoms with van der Waals surface area (Å²) in [7, 11) is 0. The maximum absolute atomic E-state index is 12.5. The molecule has 130 valence electrons. The zero-order valence-electron chi connectivity index (χ0n) is 14.4. The van der Waals surface area contributed by atoms with Gasteiger partial charge in [-0.2, -0.15) is 0 Å². The van der Waals surface area contributed by atoms with Gasteiger partial charge in [-0.05, 0) is 31.2 Å². The van der Waals surface area contributed by atoms with Crippen LogP contribution < -0.4 is 10.6 Å². The molecule has 0 aromatic carbocycles. The first-order valence-corrected chi connectivity index (χ1v) is 9.24. The standard InChI is InChI=1S/C17H24N4O2S/c1-10(2)4-6-18-16(22)14-11(3)13-15(19-9-20-17(13)24-14)21-12-5-7-23-8-12/h9-10,12H,4-8H2,1-3H3,(H,18,22)(H,19,20,21). The highest BCUT2D eigenvalue weighted by Crippen LogP contribution is 2.33. The van der Waals surface area contributed by atoms with Gasteiger partial charge in [-0.1, -0.05) is 13.8 Å². The number of nitrogens with one attached hydrogen (secondary N) is 2. The summed E-state index contributed by atoms with van der Waals surface area (Å²) >= 11 is 1.43. The van der Waals surface area contributed by atoms with Gasteiger partial charge in [0.2, 0.25) is 0 Å². The smallest absolute Gasteiger partial charge is 0.261 e. The van der Waals surface area contributed by atoms with Gasteiger partial charge in [0.05, 0.1) is 22.9 Å². The Labute approximate surface area is 146 Å². The Hall–Kier alpha value is -1.73. The molecule has 24 heavy (non-hydrogen) atoms. The Morgan fingerprint density at radius 3 is 3.00 bits per heavy atom. The van der Waals surface area contributed by atoms with Crippen molar-refractivity contribution in [3.8, 4) is 0 Å². The lowest BCUT2D eigenvalue weighted by Gasteiger charge is -2.12. The molecule has 0 saturated carbocycles. The molecule has 3 heterocycles. The highest BCUT2D eigenvalue weighted by atomic mass is 32.1. The van der Waals surface area contributed by atoms with Crippen molar-refractivity contribution < 1.29 is 9.53 Å². The topological polar surface area (TPSA) is 76.1 Å². The van der Waals surface area contributed by atoms with Gasteiger partial charge < -0.3 is 15.4 Å². The van der Waals surface area contributed by atoms with Crippen LogP contribution in [0.5, 0.6) is 0 Å². The maximum Gasteiger partial charge on any atom is 0.261 e. The second-order valence-electron chi connectivity index (χ2n) is 6.60. The second kappa shape index (κ2) is 7.44. The van der Waals surface area contributed by atoms with Crippen molar-refractivity contribution in [2.45, 2.75) is 39.7 Å². The average Bonchev–Trinajstić information content (AvgIpc) is 3.15. The van der Waals surface area contributed by atoms with Crippen molar-refractivity contribution in [1.82, 2.24) is 15.3 Å². The molecule has 1 saturated heterocycles. The van der Waals surface area contributed by atoms with E-state index in [1.165, 1.54) is 11.3 Å². The summed E-state index contributed by atoms with van der Waals surface area (Å²) < 4.78 is 5.41. The number of rotatable bonds is 6. The van der Waals surface area contributed by atoms with E-state index < -0.39 is 0 Å². The number of aryl methyl sites for hydroxylation is 1. The summed E-state index contributed by atoms with van der Waals surface area (Å²) in [6.45, 7) is 8.43. The Bertz CT molecular complexity index is 723. The molecule has 2 aromatic rings. The predicted octanol–water partition coefficient (Wildman–Crippen LogP) is 2.98. The summed E-state index contributed by atoms with van der Waals surface area (Å²) in [5.74, 6) is 1.35. The number of fused-ring (bicyclic) bond motifs is 1. The summed E-state index contributed by atoms with van der Waals surface area (Å²) in [5.41, 5.74) is 0.944. The first-order chi connectivity index (χ1) is 11.6. The number of hydrogen-bond donors (Lipinski definition) is 2.